The molecule has 0 amide bonds. The second kappa shape index (κ2) is 4.29. The average molecular weight is 232 g/mol. The third kappa shape index (κ3) is 1.87. The van der Waals surface area contributed by atoms with Gasteiger partial charge in [0.05, 0.1) is 19.1 Å². The Bertz CT molecular complexity index is 561. The lowest BCUT2D eigenvalue weighted by atomic mass is 10.1. The minimum Gasteiger partial charge on any atom is -0.496 e. The number of carboxylic acid groups (broad SMARTS) is 1. The Kier molecular flexibility index (Phi) is 2.82. The molecule has 5 nitrogen and oxygen atoms in total. The second-order valence-corrected chi connectivity index (χ2v) is 3.56. The molecule has 17 heavy (non-hydrogen) atoms. The normalized spacial score (nSPS) is 10.2. The Labute approximate surface area is 98.3 Å². The summed E-state index contributed by atoms with van der Waals surface area (Å²) in [6.07, 6.45) is 1.48. The van der Waals surface area contributed by atoms with Crippen molar-refractivity contribution >= 4 is 5.97 Å². The van der Waals surface area contributed by atoms with E-state index < -0.39 is 5.97 Å². The Morgan fingerprint density at radius 3 is 2.76 bits per heavy atom. The number of hydrogen-bond acceptors (Lipinski definition) is 3. The fraction of sp³-hybridized carbons (Fsp3) is 0.167. The number of ether oxygens (including phenoxy) is 1. The first kappa shape index (κ1) is 11.2. The fourth-order valence-electron chi connectivity index (χ4n) is 1.74. The van der Waals surface area contributed by atoms with Crippen LogP contribution in [0.3, 0.4) is 0 Å². The predicted octanol–water partition coefficient (Wildman–Crippen LogP) is 1.79. The van der Waals surface area contributed by atoms with Crippen LogP contribution in [0.2, 0.25) is 0 Å². The summed E-state index contributed by atoms with van der Waals surface area (Å²) in [5.41, 5.74) is 1.28. The van der Waals surface area contributed by atoms with Crippen molar-refractivity contribution in [3.05, 3.63) is 36.3 Å². The van der Waals surface area contributed by atoms with Gasteiger partial charge in [0.2, 0.25) is 0 Å². The molecule has 0 aliphatic carbocycles. The molecule has 0 unspecified atom stereocenters. The van der Waals surface area contributed by atoms with Gasteiger partial charge in [-0.15, -0.1) is 0 Å². The van der Waals surface area contributed by atoms with E-state index in [4.69, 9.17) is 9.84 Å². The van der Waals surface area contributed by atoms with Gasteiger partial charge in [-0.1, -0.05) is 12.1 Å². The minimum atomic E-state index is -1.05. The van der Waals surface area contributed by atoms with Gasteiger partial charge in [0.1, 0.15) is 5.75 Å². The summed E-state index contributed by atoms with van der Waals surface area (Å²) in [6.45, 7) is 0. The number of hydrogen-bond donors (Lipinski definition) is 1. The third-order valence-corrected chi connectivity index (χ3v) is 2.50. The van der Waals surface area contributed by atoms with Crippen LogP contribution < -0.4 is 4.74 Å². The second-order valence-electron chi connectivity index (χ2n) is 3.56. The number of aromatic carboxylic acids is 1. The molecule has 0 bridgehead atoms. The molecule has 0 spiro atoms. The van der Waals surface area contributed by atoms with Crippen LogP contribution in [0.1, 0.15) is 10.5 Å². The quantitative estimate of drug-likeness (QED) is 0.876. The Hall–Kier alpha value is -2.30. The van der Waals surface area contributed by atoms with Gasteiger partial charge in [-0.2, -0.15) is 0 Å². The molecule has 1 N–H and O–H groups in total. The van der Waals surface area contributed by atoms with Crippen molar-refractivity contribution < 1.29 is 14.6 Å². The van der Waals surface area contributed by atoms with Crippen molar-refractivity contribution in [1.29, 1.82) is 0 Å². The molecule has 1 aromatic heterocycles. The number of benzene rings is 1. The molecule has 0 saturated heterocycles. The highest BCUT2D eigenvalue weighted by atomic mass is 16.5. The maximum absolute atomic E-state index is 11.1. The zero-order chi connectivity index (χ0) is 12.4. The molecule has 0 aliphatic rings. The predicted molar refractivity (Wildman–Crippen MR) is 62.2 cm³/mol. The first-order valence-corrected chi connectivity index (χ1v) is 5.03. The molecule has 2 rings (SSSR count). The van der Waals surface area contributed by atoms with Crippen LogP contribution in [-0.2, 0) is 7.05 Å². The molecule has 0 aliphatic heterocycles. The molecule has 1 heterocycles. The van der Waals surface area contributed by atoms with E-state index in [1.54, 1.807) is 24.8 Å². The average Bonchev–Trinajstić information content (AvgIpc) is 2.71. The number of methoxy groups -OCH3 is 1. The number of imidazole rings is 1. The van der Waals surface area contributed by atoms with Crippen LogP contribution in [0.5, 0.6) is 5.75 Å². The number of aryl methyl sites for hydroxylation is 1. The minimum absolute atomic E-state index is 0.0250. The van der Waals surface area contributed by atoms with Crippen molar-refractivity contribution in [2.75, 3.05) is 7.11 Å². The van der Waals surface area contributed by atoms with Crippen molar-refractivity contribution in [2.24, 2.45) is 7.05 Å². The number of para-hydroxylation sites is 1. The standard InChI is InChI=1S/C12H12N2O3/c1-14-7-13-10(12(15)16)11(14)8-5-3-4-6-9(8)17-2/h3-7H,1-2H3,(H,15,16). The van der Waals surface area contributed by atoms with Gasteiger partial charge >= 0.3 is 5.97 Å². The van der Waals surface area contributed by atoms with Gasteiger partial charge in [-0.05, 0) is 12.1 Å². The summed E-state index contributed by atoms with van der Waals surface area (Å²) >= 11 is 0. The molecular weight excluding hydrogens is 220 g/mol. The SMILES string of the molecule is COc1ccccc1-c1c(C(=O)O)ncn1C. The smallest absolute Gasteiger partial charge is 0.356 e. The molecule has 0 fully saturated rings. The molecule has 0 saturated carbocycles. The first-order valence-electron chi connectivity index (χ1n) is 5.03. The summed E-state index contributed by atoms with van der Waals surface area (Å²) in [6, 6.07) is 7.26. The zero-order valence-electron chi connectivity index (χ0n) is 9.54. The van der Waals surface area contributed by atoms with Crippen LogP contribution in [0, 0.1) is 0 Å². The van der Waals surface area contributed by atoms with Crippen LogP contribution in [0.4, 0.5) is 0 Å². The van der Waals surface area contributed by atoms with Gasteiger partial charge in [-0.25, -0.2) is 9.78 Å². The van der Waals surface area contributed by atoms with Gasteiger partial charge in [0.15, 0.2) is 5.69 Å². The van der Waals surface area contributed by atoms with Gasteiger partial charge in [0.25, 0.3) is 0 Å². The van der Waals surface area contributed by atoms with Crippen molar-refractivity contribution in [3.8, 4) is 17.0 Å². The fourth-order valence-corrected chi connectivity index (χ4v) is 1.74. The van der Waals surface area contributed by atoms with Gasteiger partial charge < -0.3 is 14.4 Å². The molecule has 0 atom stereocenters. The highest BCUT2D eigenvalue weighted by molar-refractivity contribution is 5.93. The lowest BCUT2D eigenvalue weighted by Crippen LogP contribution is -2.02. The van der Waals surface area contributed by atoms with E-state index in [2.05, 4.69) is 4.98 Å². The van der Waals surface area contributed by atoms with E-state index >= 15 is 0 Å². The molecule has 0 radical (unpaired) electrons. The van der Waals surface area contributed by atoms with Crippen molar-refractivity contribution in [3.63, 3.8) is 0 Å². The Morgan fingerprint density at radius 2 is 2.12 bits per heavy atom. The molecule has 5 heteroatoms. The number of carboxylic acids is 1. The van der Waals surface area contributed by atoms with Crippen molar-refractivity contribution in [2.45, 2.75) is 0 Å². The summed E-state index contributed by atoms with van der Waals surface area (Å²) in [5, 5.41) is 9.09. The molecule has 2 aromatic rings. The lowest BCUT2D eigenvalue weighted by molar-refractivity contribution is 0.0692. The molecule has 88 valence electrons. The van der Waals surface area contributed by atoms with Crippen LogP contribution in [-0.4, -0.2) is 27.7 Å². The summed E-state index contributed by atoms with van der Waals surface area (Å²) in [7, 11) is 3.30. The Morgan fingerprint density at radius 1 is 1.41 bits per heavy atom. The van der Waals surface area contributed by atoms with E-state index in [1.165, 1.54) is 6.33 Å². The molecule has 1 aromatic carbocycles. The topological polar surface area (TPSA) is 64.3 Å². The van der Waals surface area contributed by atoms with Crippen LogP contribution in [0.15, 0.2) is 30.6 Å². The molecular formula is C12H12N2O3. The van der Waals surface area contributed by atoms with E-state index in [0.717, 1.165) is 0 Å². The number of carbonyl (C=O) groups is 1. The zero-order valence-corrected chi connectivity index (χ0v) is 9.54. The van der Waals surface area contributed by atoms with Crippen LogP contribution >= 0.6 is 0 Å². The van der Waals surface area contributed by atoms with Crippen molar-refractivity contribution in [1.82, 2.24) is 9.55 Å². The van der Waals surface area contributed by atoms with E-state index in [1.807, 2.05) is 18.2 Å². The lowest BCUT2D eigenvalue weighted by Gasteiger charge is -2.09. The van der Waals surface area contributed by atoms with Crippen LogP contribution in [0.25, 0.3) is 11.3 Å². The Balaban J connectivity index is 2.67. The first-order chi connectivity index (χ1) is 8.15. The van der Waals surface area contributed by atoms with Gasteiger partial charge in [0, 0.05) is 12.6 Å². The maximum atomic E-state index is 11.1. The highest BCUT2D eigenvalue weighted by Crippen LogP contribution is 2.31. The largest absolute Gasteiger partial charge is 0.496 e. The third-order valence-electron chi connectivity index (χ3n) is 2.50. The van der Waals surface area contributed by atoms with E-state index in [-0.39, 0.29) is 5.69 Å². The van der Waals surface area contributed by atoms with E-state index in [9.17, 15) is 4.79 Å². The number of aromatic nitrogens is 2. The summed E-state index contributed by atoms with van der Waals surface area (Å²) in [4.78, 5) is 15.0. The maximum Gasteiger partial charge on any atom is 0.356 e. The number of nitrogens with zero attached hydrogens (tertiary/aromatic N) is 2. The highest BCUT2D eigenvalue weighted by Gasteiger charge is 2.19. The monoisotopic (exact) mass is 232 g/mol. The summed E-state index contributed by atoms with van der Waals surface area (Å²) < 4.78 is 6.89. The van der Waals surface area contributed by atoms with Gasteiger partial charge in [-0.3, -0.25) is 0 Å². The van der Waals surface area contributed by atoms with E-state index in [0.29, 0.717) is 17.0 Å². The summed E-state index contributed by atoms with van der Waals surface area (Å²) in [5.74, 6) is -0.426. The number of rotatable bonds is 3.